The Hall–Kier alpha value is -2.73. The van der Waals surface area contributed by atoms with Crippen molar-refractivity contribution in [1.29, 1.82) is 0 Å². The lowest BCUT2D eigenvalue weighted by atomic mass is 9.98. The van der Waals surface area contributed by atoms with E-state index in [1.54, 1.807) is 11.3 Å². The molecule has 134 valence electrons. The van der Waals surface area contributed by atoms with Crippen LogP contribution in [-0.2, 0) is 7.05 Å². The van der Waals surface area contributed by atoms with Gasteiger partial charge in [0.1, 0.15) is 5.69 Å². The van der Waals surface area contributed by atoms with Crippen LogP contribution in [0, 0.1) is 0 Å². The molecule has 1 amide bonds. The maximum absolute atomic E-state index is 12.7. The van der Waals surface area contributed by atoms with E-state index in [-0.39, 0.29) is 23.2 Å². The Labute approximate surface area is 156 Å². The molecule has 1 unspecified atom stereocenters. The van der Waals surface area contributed by atoms with Crippen molar-refractivity contribution in [3.8, 4) is 0 Å². The Morgan fingerprint density at radius 3 is 2.35 bits per heavy atom. The van der Waals surface area contributed by atoms with Gasteiger partial charge < -0.3 is 5.32 Å². The SMILES string of the molecule is CC(C)c1ccc(C(NC(=O)c2ccc(=O)n(C)n2)c2cccs2)cc1. The fraction of sp³-hybridized carbons (Fsp3) is 0.250. The van der Waals surface area contributed by atoms with Gasteiger partial charge in [-0.2, -0.15) is 5.10 Å². The monoisotopic (exact) mass is 367 g/mol. The highest BCUT2D eigenvalue weighted by atomic mass is 32.1. The largest absolute Gasteiger partial charge is 0.339 e. The van der Waals surface area contributed by atoms with Gasteiger partial charge in [-0.05, 0) is 34.6 Å². The van der Waals surface area contributed by atoms with Crippen molar-refractivity contribution < 1.29 is 4.79 Å². The van der Waals surface area contributed by atoms with Gasteiger partial charge in [-0.3, -0.25) is 9.59 Å². The molecule has 3 rings (SSSR count). The minimum absolute atomic E-state index is 0.215. The molecule has 6 heteroatoms. The Kier molecular flexibility index (Phi) is 5.32. The lowest BCUT2D eigenvalue weighted by molar-refractivity contribution is 0.0936. The summed E-state index contributed by atoms with van der Waals surface area (Å²) in [6.07, 6.45) is 0. The number of rotatable bonds is 5. The summed E-state index contributed by atoms with van der Waals surface area (Å²) in [4.78, 5) is 25.2. The predicted octanol–water partition coefficient (Wildman–Crippen LogP) is 3.48. The minimum Gasteiger partial charge on any atom is -0.339 e. The number of hydrogen-bond donors (Lipinski definition) is 1. The summed E-state index contributed by atoms with van der Waals surface area (Å²) in [6.45, 7) is 4.30. The van der Waals surface area contributed by atoms with E-state index in [1.807, 2.05) is 29.6 Å². The van der Waals surface area contributed by atoms with Gasteiger partial charge in [0, 0.05) is 18.0 Å². The number of aromatic nitrogens is 2. The minimum atomic E-state index is -0.313. The zero-order chi connectivity index (χ0) is 18.7. The van der Waals surface area contributed by atoms with E-state index in [1.165, 1.54) is 24.7 Å². The van der Waals surface area contributed by atoms with E-state index in [0.717, 1.165) is 15.1 Å². The number of nitrogens with zero attached hydrogens (tertiary/aromatic N) is 2. The number of amides is 1. The summed E-state index contributed by atoms with van der Waals surface area (Å²) in [5, 5.41) is 9.06. The zero-order valence-corrected chi connectivity index (χ0v) is 15.8. The molecule has 1 aromatic carbocycles. The van der Waals surface area contributed by atoms with Crippen LogP contribution in [0.2, 0.25) is 0 Å². The van der Waals surface area contributed by atoms with Crippen molar-refractivity contribution in [2.75, 3.05) is 0 Å². The first-order valence-electron chi connectivity index (χ1n) is 8.44. The average Bonchev–Trinajstić information content (AvgIpc) is 3.16. The van der Waals surface area contributed by atoms with E-state index in [4.69, 9.17) is 0 Å². The number of carbonyl (C=O) groups excluding carboxylic acids is 1. The fourth-order valence-electron chi connectivity index (χ4n) is 2.68. The predicted molar refractivity (Wildman–Crippen MR) is 104 cm³/mol. The molecule has 26 heavy (non-hydrogen) atoms. The Morgan fingerprint density at radius 2 is 1.77 bits per heavy atom. The topological polar surface area (TPSA) is 64.0 Å². The molecular weight excluding hydrogens is 346 g/mol. The van der Waals surface area contributed by atoms with Crippen LogP contribution in [0.5, 0.6) is 0 Å². The zero-order valence-electron chi connectivity index (χ0n) is 15.0. The van der Waals surface area contributed by atoms with Gasteiger partial charge in [-0.1, -0.05) is 44.2 Å². The number of aryl methyl sites for hydroxylation is 1. The molecule has 2 heterocycles. The van der Waals surface area contributed by atoms with Crippen molar-refractivity contribution in [2.24, 2.45) is 7.05 Å². The van der Waals surface area contributed by atoms with Gasteiger partial charge in [0.2, 0.25) is 0 Å². The van der Waals surface area contributed by atoms with Crippen molar-refractivity contribution in [2.45, 2.75) is 25.8 Å². The summed E-state index contributed by atoms with van der Waals surface area (Å²) < 4.78 is 1.16. The third-order valence-electron chi connectivity index (χ3n) is 4.23. The lowest BCUT2D eigenvalue weighted by Gasteiger charge is -2.19. The second-order valence-corrected chi connectivity index (χ2v) is 7.40. The van der Waals surface area contributed by atoms with Gasteiger partial charge >= 0.3 is 0 Å². The molecule has 0 aliphatic carbocycles. The van der Waals surface area contributed by atoms with E-state index in [9.17, 15) is 9.59 Å². The molecule has 5 nitrogen and oxygen atoms in total. The highest BCUT2D eigenvalue weighted by molar-refractivity contribution is 7.10. The number of hydrogen-bond acceptors (Lipinski definition) is 4. The van der Waals surface area contributed by atoms with Gasteiger partial charge in [-0.25, -0.2) is 4.68 Å². The van der Waals surface area contributed by atoms with Crippen LogP contribution < -0.4 is 10.9 Å². The summed E-state index contributed by atoms with van der Waals surface area (Å²) >= 11 is 1.59. The van der Waals surface area contributed by atoms with Crippen LogP contribution in [0.15, 0.2) is 58.7 Å². The molecule has 1 N–H and O–H groups in total. The Balaban J connectivity index is 1.90. The van der Waals surface area contributed by atoms with Gasteiger partial charge in [0.25, 0.3) is 11.5 Å². The molecular formula is C20H21N3O2S. The van der Waals surface area contributed by atoms with E-state index in [0.29, 0.717) is 5.92 Å². The maximum atomic E-state index is 12.7. The second-order valence-electron chi connectivity index (χ2n) is 6.42. The summed E-state index contributed by atoms with van der Waals surface area (Å²) in [5.74, 6) is 0.139. The van der Waals surface area contributed by atoms with Crippen LogP contribution in [0.4, 0.5) is 0 Å². The standard InChI is InChI=1S/C20H21N3O2S/c1-13(2)14-6-8-15(9-7-14)19(17-5-4-12-26-17)21-20(25)16-10-11-18(24)23(3)22-16/h4-13,19H,1-3H3,(H,21,25). The van der Waals surface area contributed by atoms with Crippen molar-refractivity contribution in [3.05, 3.63) is 86.0 Å². The first-order chi connectivity index (χ1) is 12.5. The third-order valence-corrected chi connectivity index (χ3v) is 5.17. The molecule has 0 aliphatic heterocycles. The van der Waals surface area contributed by atoms with Crippen LogP contribution in [-0.4, -0.2) is 15.7 Å². The summed E-state index contributed by atoms with van der Waals surface area (Å²) in [7, 11) is 1.53. The smallest absolute Gasteiger partial charge is 0.272 e. The summed E-state index contributed by atoms with van der Waals surface area (Å²) in [5.41, 5.74) is 2.23. The fourth-order valence-corrected chi connectivity index (χ4v) is 3.48. The molecule has 3 aromatic rings. The van der Waals surface area contributed by atoms with E-state index in [2.05, 4.69) is 36.4 Å². The molecule has 0 aliphatic rings. The quantitative estimate of drug-likeness (QED) is 0.751. The second kappa shape index (κ2) is 7.66. The van der Waals surface area contributed by atoms with E-state index >= 15 is 0 Å². The molecule has 2 aromatic heterocycles. The van der Waals surface area contributed by atoms with Crippen LogP contribution in [0.3, 0.4) is 0 Å². The van der Waals surface area contributed by atoms with E-state index < -0.39 is 0 Å². The highest BCUT2D eigenvalue weighted by Gasteiger charge is 2.20. The van der Waals surface area contributed by atoms with Gasteiger partial charge in [-0.15, -0.1) is 11.3 Å². The summed E-state index contributed by atoms with van der Waals surface area (Å²) in [6, 6.07) is 14.8. The number of thiophene rings is 1. The molecule has 0 bridgehead atoms. The molecule has 0 spiro atoms. The molecule has 0 radical (unpaired) electrons. The molecule has 1 atom stereocenters. The van der Waals surface area contributed by atoms with Gasteiger partial charge in [0.05, 0.1) is 6.04 Å². The van der Waals surface area contributed by atoms with Crippen LogP contribution in [0.25, 0.3) is 0 Å². The Morgan fingerprint density at radius 1 is 1.08 bits per heavy atom. The molecule has 0 fully saturated rings. The number of nitrogens with one attached hydrogen (secondary N) is 1. The van der Waals surface area contributed by atoms with Crippen LogP contribution in [0.1, 0.15) is 52.3 Å². The van der Waals surface area contributed by atoms with Crippen molar-refractivity contribution in [3.63, 3.8) is 0 Å². The first-order valence-corrected chi connectivity index (χ1v) is 9.32. The highest BCUT2D eigenvalue weighted by Crippen LogP contribution is 2.27. The van der Waals surface area contributed by atoms with Crippen LogP contribution >= 0.6 is 11.3 Å². The molecule has 0 saturated heterocycles. The molecule has 0 saturated carbocycles. The Bertz CT molecular complexity index is 944. The van der Waals surface area contributed by atoms with Gasteiger partial charge in [0.15, 0.2) is 0 Å². The van der Waals surface area contributed by atoms with Crippen molar-refractivity contribution >= 4 is 17.2 Å². The number of carbonyl (C=O) groups is 1. The average molecular weight is 367 g/mol. The maximum Gasteiger partial charge on any atom is 0.272 e. The normalized spacial score (nSPS) is 12.2. The first kappa shape index (κ1) is 18.1. The number of benzene rings is 1. The van der Waals surface area contributed by atoms with Crippen molar-refractivity contribution in [1.82, 2.24) is 15.1 Å². The lowest BCUT2D eigenvalue weighted by Crippen LogP contribution is -2.31. The third kappa shape index (κ3) is 3.91.